The number of fused-ring (bicyclic) bond motifs is 2. The molecule has 1 aromatic carbocycles. The molecule has 1 aromatic rings. The molecule has 4 nitrogen and oxygen atoms in total. The first-order valence-electron chi connectivity index (χ1n) is 9.16. The molecule has 4 saturated heterocycles. The van der Waals surface area contributed by atoms with Gasteiger partial charge in [0, 0.05) is 30.6 Å². The van der Waals surface area contributed by atoms with Gasteiger partial charge in [-0.25, -0.2) is 17.2 Å². The summed E-state index contributed by atoms with van der Waals surface area (Å²) in [6.07, 6.45) is 3.51. The molecule has 5 fully saturated rings. The molecule has 0 radical (unpaired) electrons. The lowest BCUT2D eigenvalue weighted by Crippen LogP contribution is -2.61. The first-order valence-corrected chi connectivity index (χ1v) is 10.7. The second-order valence-corrected chi connectivity index (χ2v) is 10.1. The van der Waals surface area contributed by atoms with E-state index in [9.17, 15) is 17.2 Å². The molecule has 7 heteroatoms. The third-order valence-corrected chi connectivity index (χ3v) is 8.90. The van der Waals surface area contributed by atoms with Crippen LogP contribution in [0, 0.1) is 17.6 Å². The van der Waals surface area contributed by atoms with Crippen LogP contribution in [0.2, 0.25) is 0 Å². The van der Waals surface area contributed by atoms with Crippen LogP contribution in [0.25, 0.3) is 0 Å². The van der Waals surface area contributed by atoms with Crippen LogP contribution in [-0.4, -0.2) is 54.6 Å². The number of hydrogen-bond donors (Lipinski definition) is 0. The van der Waals surface area contributed by atoms with Crippen LogP contribution in [0.4, 0.5) is 8.78 Å². The summed E-state index contributed by atoms with van der Waals surface area (Å²) in [7, 11) is -3.30. The van der Waals surface area contributed by atoms with E-state index in [1.807, 2.05) is 0 Å². The van der Waals surface area contributed by atoms with Gasteiger partial charge in [0.25, 0.3) is 0 Å². The fourth-order valence-electron chi connectivity index (χ4n) is 5.30. The normalized spacial score (nSPS) is 38.1. The Kier molecular flexibility index (Phi) is 3.53. The van der Waals surface area contributed by atoms with E-state index in [-0.39, 0.29) is 23.3 Å². The van der Waals surface area contributed by atoms with Crippen molar-refractivity contribution in [3.05, 3.63) is 35.4 Å². The summed E-state index contributed by atoms with van der Waals surface area (Å²) >= 11 is 0. The Morgan fingerprint density at radius 1 is 0.920 bits per heavy atom. The molecule has 0 amide bonds. The summed E-state index contributed by atoms with van der Waals surface area (Å²) < 4.78 is 55.3. The Bertz CT molecular complexity index is 783. The molecule has 136 valence electrons. The molecule has 0 N–H and O–H groups in total. The minimum absolute atomic E-state index is 0.0376. The average molecular weight is 368 g/mol. The van der Waals surface area contributed by atoms with Crippen molar-refractivity contribution < 1.29 is 17.2 Å². The molecule has 0 unspecified atom stereocenters. The van der Waals surface area contributed by atoms with E-state index >= 15 is 0 Å². The largest absolute Gasteiger partial charge is 0.298 e. The minimum atomic E-state index is -3.30. The van der Waals surface area contributed by atoms with Gasteiger partial charge in [-0.05, 0) is 62.4 Å². The Hall–Kier alpha value is -1.05. The summed E-state index contributed by atoms with van der Waals surface area (Å²) in [5.74, 6) is -0.976. The lowest BCUT2D eigenvalue weighted by Gasteiger charge is -2.51. The van der Waals surface area contributed by atoms with Crippen LogP contribution in [0.3, 0.4) is 0 Å². The van der Waals surface area contributed by atoms with Crippen LogP contribution in [-0.2, 0) is 10.0 Å². The van der Waals surface area contributed by atoms with Crippen LogP contribution in [0.1, 0.15) is 37.2 Å². The van der Waals surface area contributed by atoms with E-state index in [0.29, 0.717) is 18.0 Å². The summed E-state index contributed by atoms with van der Waals surface area (Å²) in [6.45, 7) is 2.26. The van der Waals surface area contributed by atoms with Crippen LogP contribution in [0.5, 0.6) is 0 Å². The van der Waals surface area contributed by atoms with Crippen molar-refractivity contribution in [3.63, 3.8) is 0 Å². The molecule has 6 rings (SSSR count). The van der Waals surface area contributed by atoms with E-state index in [4.69, 9.17) is 0 Å². The van der Waals surface area contributed by atoms with Crippen molar-refractivity contribution in [2.24, 2.45) is 5.92 Å². The number of halogens is 2. The number of hydrogen-bond acceptors (Lipinski definition) is 3. The van der Waals surface area contributed by atoms with Crippen LogP contribution < -0.4 is 0 Å². The summed E-state index contributed by atoms with van der Waals surface area (Å²) in [5.41, 5.74) is 0.591. The van der Waals surface area contributed by atoms with E-state index in [1.54, 1.807) is 4.31 Å². The molecule has 4 aliphatic heterocycles. The standard InChI is InChI=1S/C18H22F2N2O2S/c19-13-7-12(8-14(20)9-13)16-10-22(25(23,24)15-1-2-15)17-11-3-5-21(6-4-11)18(16)17/h7-9,11,15-18H,1-6,10H2/t16-,17+,18+/m1/s1. The van der Waals surface area contributed by atoms with E-state index in [1.165, 1.54) is 12.1 Å². The van der Waals surface area contributed by atoms with E-state index in [0.717, 1.165) is 44.8 Å². The molecular weight excluding hydrogens is 346 g/mol. The van der Waals surface area contributed by atoms with Gasteiger partial charge in [0.1, 0.15) is 11.6 Å². The van der Waals surface area contributed by atoms with E-state index < -0.39 is 21.7 Å². The lowest BCUT2D eigenvalue weighted by atomic mass is 9.75. The number of sulfonamides is 1. The van der Waals surface area contributed by atoms with Gasteiger partial charge in [-0.15, -0.1) is 0 Å². The molecule has 0 spiro atoms. The van der Waals surface area contributed by atoms with E-state index in [2.05, 4.69) is 4.90 Å². The monoisotopic (exact) mass is 368 g/mol. The molecule has 0 aromatic heterocycles. The number of benzene rings is 1. The lowest BCUT2D eigenvalue weighted by molar-refractivity contribution is 0.0122. The van der Waals surface area contributed by atoms with Crippen molar-refractivity contribution in [1.82, 2.24) is 9.21 Å². The SMILES string of the molecule is O=S(=O)(C1CC1)N1C[C@H](c2cc(F)cc(F)c2)[C@H]2[C@@H]1C1CCN2CC1. The molecule has 1 saturated carbocycles. The number of rotatable bonds is 3. The minimum Gasteiger partial charge on any atom is -0.298 e. The number of nitrogens with zero attached hydrogens (tertiary/aromatic N) is 2. The van der Waals surface area contributed by atoms with Gasteiger partial charge in [-0.1, -0.05) is 0 Å². The predicted octanol–water partition coefficient (Wildman–Crippen LogP) is 2.32. The van der Waals surface area contributed by atoms with Crippen LogP contribution >= 0.6 is 0 Å². The third-order valence-electron chi connectivity index (χ3n) is 6.54. The van der Waals surface area contributed by atoms with Gasteiger partial charge in [0.05, 0.1) is 5.25 Å². The zero-order valence-corrected chi connectivity index (χ0v) is 14.8. The maximum atomic E-state index is 13.8. The molecule has 1 aliphatic carbocycles. The van der Waals surface area contributed by atoms with Gasteiger partial charge >= 0.3 is 0 Å². The Morgan fingerprint density at radius 3 is 2.16 bits per heavy atom. The molecule has 5 aliphatic rings. The fraction of sp³-hybridized carbons (Fsp3) is 0.667. The Morgan fingerprint density at radius 2 is 1.56 bits per heavy atom. The first kappa shape index (κ1) is 16.1. The average Bonchev–Trinajstić information content (AvgIpc) is 3.34. The van der Waals surface area contributed by atoms with Crippen molar-refractivity contribution in [3.8, 4) is 0 Å². The molecule has 4 heterocycles. The van der Waals surface area contributed by atoms with Crippen molar-refractivity contribution in [2.75, 3.05) is 19.6 Å². The third kappa shape index (κ3) is 2.46. The quantitative estimate of drug-likeness (QED) is 0.822. The van der Waals surface area contributed by atoms with Gasteiger partial charge in [0.15, 0.2) is 0 Å². The van der Waals surface area contributed by atoms with Gasteiger partial charge < -0.3 is 0 Å². The smallest absolute Gasteiger partial charge is 0.217 e. The van der Waals surface area contributed by atoms with Crippen molar-refractivity contribution in [2.45, 2.75) is 48.9 Å². The second kappa shape index (κ2) is 5.47. The van der Waals surface area contributed by atoms with Crippen molar-refractivity contribution in [1.29, 1.82) is 0 Å². The maximum Gasteiger partial charge on any atom is 0.217 e. The Labute approximate surface area is 146 Å². The molecular formula is C18H22F2N2O2S. The summed E-state index contributed by atoms with van der Waals surface area (Å²) in [4.78, 5) is 2.35. The molecule has 2 bridgehead atoms. The topological polar surface area (TPSA) is 40.6 Å². The second-order valence-electron chi connectivity index (χ2n) is 7.98. The molecule has 3 atom stereocenters. The zero-order valence-electron chi connectivity index (χ0n) is 13.9. The van der Waals surface area contributed by atoms with Gasteiger partial charge in [0.2, 0.25) is 10.0 Å². The van der Waals surface area contributed by atoms with Gasteiger partial charge in [-0.2, -0.15) is 4.31 Å². The maximum absolute atomic E-state index is 13.8. The highest BCUT2D eigenvalue weighted by molar-refractivity contribution is 7.90. The Balaban J connectivity index is 1.58. The number of piperidine rings is 3. The predicted molar refractivity (Wildman–Crippen MR) is 89.6 cm³/mol. The summed E-state index contributed by atoms with van der Waals surface area (Å²) in [5, 5.41) is -0.244. The highest BCUT2D eigenvalue weighted by atomic mass is 32.2. The fourth-order valence-corrected chi connectivity index (χ4v) is 7.42. The summed E-state index contributed by atoms with van der Waals surface area (Å²) in [6, 6.07) is 3.64. The highest BCUT2D eigenvalue weighted by Gasteiger charge is 2.58. The van der Waals surface area contributed by atoms with Crippen LogP contribution in [0.15, 0.2) is 18.2 Å². The molecule has 25 heavy (non-hydrogen) atoms. The van der Waals surface area contributed by atoms with Crippen molar-refractivity contribution >= 4 is 10.0 Å². The van der Waals surface area contributed by atoms with Gasteiger partial charge in [-0.3, -0.25) is 4.90 Å². The first-order chi connectivity index (χ1) is 11.9. The highest BCUT2D eigenvalue weighted by Crippen LogP contribution is 2.49. The zero-order chi connectivity index (χ0) is 17.3.